The van der Waals surface area contributed by atoms with Crippen LogP contribution >= 0.6 is 0 Å². The fourth-order valence-electron chi connectivity index (χ4n) is 3.76. The van der Waals surface area contributed by atoms with Crippen molar-refractivity contribution in [3.63, 3.8) is 0 Å². The van der Waals surface area contributed by atoms with Crippen LogP contribution in [0.2, 0.25) is 0 Å². The quantitative estimate of drug-likeness (QED) is 0.847. The highest BCUT2D eigenvalue weighted by atomic mass is 16.5. The van der Waals surface area contributed by atoms with Crippen molar-refractivity contribution in [2.24, 2.45) is 5.41 Å². The zero-order valence-corrected chi connectivity index (χ0v) is 11.9. The Labute approximate surface area is 116 Å². The SMILES string of the molecule is CCOC1CC(NCCc2ccccc2)C12CCC2. The maximum Gasteiger partial charge on any atom is 0.0661 e. The number of rotatable bonds is 6. The molecule has 0 heterocycles. The summed E-state index contributed by atoms with van der Waals surface area (Å²) in [6, 6.07) is 11.4. The van der Waals surface area contributed by atoms with E-state index in [1.165, 1.54) is 31.2 Å². The highest BCUT2D eigenvalue weighted by molar-refractivity contribution is 5.16. The lowest BCUT2D eigenvalue weighted by atomic mass is 9.51. The first-order valence-electron chi connectivity index (χ1n) is 7.74. The Hall–Kier alpha value is -0.860. The van der Waals surface area contributed by atoms with Crippen molar-refractivity contribution >= 4 is 0 Å². The van der Waals surface area contributed by atoms with Crippen LogP contribution in [0.3, 0.4) is 0 Å². The predicted molar refractivity (Wildman–Crippen MR) is 78.3 cm³/mol. The molecule has 0 saturated heterocycles. The third kappa shape index (κ3) is 2.44. The summed E-state index contributed by atoms with van der Waals surface area (Å²) in [5.41, 5.74) is 1.92. The van der Waals surface area contributed by atoms with Crippen LogP contribution in [0.25, 0.3) is 0 Å². The molecule has 1 spiro atoms. The van der Waals surface area contributed by atoms with Gasteiger partial charge >= 0.3 is 0 Å². The smallest absolute Gasteiger partial charge is 0.0661 e. The van der Waals surface area contributed by atoms with Crippen LogP contribution in [-0.4, -0.2) is 25.3 Å². The Bertz CT molecular complexity index is 399. The Balaban J connectivity index is 1.46. The van der Waals surface area contributed by atoms with E-state index in [1.54, 1.807) is 0 Å². The molecule has 0 amide bonds. The van der Waals surface area contributed by atoms with Crippen molar-refractivity contribution in [2.45, 2.75) is 51.2 Å². The van der Waals surface area contributed by atoms with E-state index in [-0.39, 0.29) is 0 Å². The van der Waals surface area contributed by atoms with E-state index >= 15 is 0 Å². The molecule has 0 aliphatic heterocycles. The lowest BCUT2D eigenvalue weighted by Crippen LogP contribution is -2.67. The molecule has 1 N–H and O–H groups in total. The topological polar surface area (TPSA) is 21.3 Å². The second-order valence-electron chi connectivity index (χ2n) is 6.01. The minimum absolute atomic E-state index is 0.493. The molecule has 2 aliphatic carbocycles. The minimum Gasteiger partial charge on any atom is -0.378 e. The molecule has 0 bridgehead atoms. The second kappa shape index (κ2) is 5.64. The molecule has 2 unspecified atom stereocenters. The lowest BCUT2D eigenvalue weighted by molar-refractivity contribution is -0.172. The Morgan fingerprint density at radius 3 is 2.68 bits per heavy atom. The Morgan fingerprint density at radius 1 is 1.26 bits per heavy atom. The monoisotopic (exact) mass is 259 g/mol. The maximum absolute atomic E-state index is 5.89. The first kappa shape index (κ1) is 13.1. The Kier molecular flexibility index (Phi) is 3.90. The molecule has 2 fully saturated rings. The van der Waals surface area contributed by atoms with Gasteiger partial charge in [0.2, 0.25) is 0 Å². The molecule has 3 rings (SSSR count). The third-order valence-corrected chi connectivity index (χ3v) is 5.08. The van der Waals surface area contributed by atoms with E-state index in [4.69, 9.17) is 4.74 Å². The summed E-state index contributed by atoms with van der Waals surface area (Å²) in [5.74, 6) is 0. The van der Waals surface area contributed by atoms with Gasteiger partial charge in [-0.2, -0.15) is 0 Å². The molecule has 2 aliphatic rings. The first-order chi connectivity index (χ1) is 9.35. The minimum atomic E-state index is 0.493. The average molecular weight is 259 g/mol. The van der Waals surface area contributed by atoms with Gasteiger partial charge in [0, 0.05) is 18.1 Å². The van der Waals surface area contributed by atoms with Crippen LogP contribution < -0.4 is 5.32 Å². The summed E-state index contributed by atoms with van der Waals surface area (Å²) in [6.45, 7) is 4.07. The van der Waals surface area contributed by atoms with E-state index in [9.17, 15) is 0 Å². The molecule has 1 aromatic rings. The molecule has 2 saturated carbocycles. The van der Waals surface area contributed by atoms with Crippen molar-refractivity contribution in [2.75, 3.05) is 13.2 Å². The molecule has 0 aromatic heterocycles. The number of nitrogens with one attached hydrogen (secondary N) is 1. The summed E-state index contributed by atoms with van der Waals surface area (Å²) >= 11 is 0. The van der Waals surface area contributed by atoms with Gasteiger partial charge in [-0.3, -0.25) is 0 Å². The van der Waals surface area contributed by atoms with Crippen molar-refractivity contribution in [1.29, 1.82) is 0 Å². The van der Waals surface area contributed by atoms with Crippen molar-refractivity contribution < 1.29 is 4.74 Å². The van der Waals surface area contributed by atoms with Gasteiger partial charge in [-0.15, -0.1) is 0 Å². The van der Waals surface area contributed by atoms with Gasteiger partial charge in [0.05, 0.1) is 6.10 Å². The maximum atomic E-state index is 5.89. The fraction of sp³-hybridized carbons (Fsp3) is 0.647. The van der Waals surface area contributed by atoms with Crippen LogP contribution in [0.1, 0.15) is 38.2 Å². The summed E-state index contributed by atoms with van der Waals surface area (Å²) in [6.07, 6.45) is 6.98. The van der Waals surface area contributed by atoms with Crippen molar-refractivity contribution in [3.05, 3.63) is 35.9 Å². The average Bonchev–Trinajstić information content (AvgIpc) is 2.36. The summed E-state index contributed by atoms with van der Waals surface area (Å²) < 4.78 is 5.89. The molecular formula is C17H25NO. The van der Waals surface area contributed by atoms with Gasteiger partial charge in [-0.1, -0.05) is 36.8 Å². The Morgan fingerprint density at radius 2 is 2.05 bits per heavy atom. The third-order valence-electron chi connectivity index (χ3n) is 5.08. The zero-order chi connectivity index (χ0) is 13.1. The summed E-state index contributed by atoms with van der Waals surface area (Å²) in [7, 11) is 0. The highest BCUT2D eigenvalue weighted by Gasteiger charge is 2.58. The van der Waals surface area contributed by atoms with Gasteiger partial charge in [0.25, 0.3) is 0 Å². The molecular weight excluding hydrogens is 234 g/mol. The van der Waals surface area contributed by atoms with Gasteiger partial charge in [0.15, 0.2) is 0 Å². The number of ether oxygens (including phenoxy) is 1. The molecule has 104 valence electrons. The molecule has 2 heteroatoms. The fourth-order valence-corrected chi connectivity index (χ4v) is 3.76. The van der Waals surface area contributed by atoms with E-state index in [2.05, 4.69) is 42.6 Å². The number of hydrogen-bond acceptors (Lipinski definition) is 2. The molecule has 2 atom stereocenters. The molecule has 2 nitrogen and oxygen atoms in total. The highest BCUT2D eigenvalue weighted by Crippen LogP contribution is 2.57. The van der Waals surface area contributed by atoms with E-state index in [1.807, 2.05) is 0 Å². The summed E-state index contributed by atoms with van der Waals surface area (Å²) in [5, 5.41) is 3.77. The number of benzene rings is 1. The lowest BCUT2D eigenvalue weighted by Gasteiger charge is -2.61. The zero-order valence-electron chi connectivity index (χ0n) is 11.9. The standard InChI is InChI=1S/C17H25NO/c1-2-19-16-13-15(17(16)10-6-11-17)18-12-9-14-7-4-3-5-8-14/h3-5,7-8,15-16,18H,2,6,9-13H2,1H3. The second-order valence-corrected chi connectivity index (χ2v) is 6.01. The number of hydrogen-bond donors (Lipinski definition) is 1. The van der Waals surface area contributed by atoms with Crippen LogP contribution in [0, 0.1) is 5.41 Å². The predicted octanol–water partition coefficient (Wildman–Crippen LogP) is 3.17. The van der Waals surface area contributed by atoms with E-state index < -0.39 is 0 Å². The summed E-state index contributed by atoms with van der Waals surface area (Å²) in [4.78, 5) is 0. The van der Waals surface area contributed by atoms with Gasteiger partial charge in [0.1, 0.15) is 0 Å². The van der Waals surface area contributed by atoms with Gasteiger partial charge in [-0.25, -0.2) is 0 Å². The molecule has 1 aromatic carbocycles. The normalized spacial score (nSPS) is 27.8. The van der Waals surface area contributed by atoms with Crippen LogP contribution in [-0.2, 0) is 11.2 Å². The van der Waals surface area contributed by atoms with Gasteiger partial charge < -0.3 is 10.1 Å². The largest absolute Gasteiger partial charge is 0.378 e. The van der Waals surface area contributed by atoms with E-state index in [0.717, 1.165) is 19.6 Å². The van der Waals surface area contributed by atoms with Gasteiger partial charge in [-0.05, 0) is 44.7 Å². The molecule has 19 heavy (non-hydrogen) atoms. The van der Waals surface area contributed by atoms with Crippen LogP contribution in [0.5, 0.6) is 0 Å². The molecule has 0 radical (unpaired) electrons. The van der Waals surface area contributed by atoms with Crippen molar-refractivity contribution in [1.82, 2.24) is 5.32 Å². The van der Waals surface area contributed by atoms with Crippen LogP contribution in [0.15, 0.2) is 30.3 Å². The van der Waals surface area contributed by atoms with E-state index in [0.29, 0.717) is 17.6 Å². The van der Waals surface area contributed by atoms with Crippen molar-refractivity contribution in [3.8, 4) is 0 Å². The first-order valence-corrected chi connectivity index (χ1v) is 7.74. The van der Waals surface area contributed by atoms with Crippen LogP contribution in [0.4, 0.5) is 0 Å².